The van der Waals surface area contributed by atoms with E-state index in [-0.39, 0.29) is 18.2 Å². The highest BCUT2D eigenvalue weighted by Gasteiger charge is 2.20. The van der Waals surface area contributed by atoms with Gasteiger partial charge in [0.05, 0.1) is 0 Å². The van der Waals surface area contributed by atoms with E-state index in [1.165, 1.54) is 19.7 Å². The van der Waals surface area contributed by atoms with Crippen molar-refractivity contribution in [2.24, 2.45) is 5.16 Å². The van der Waals surface area contributed by atoms with Crippen LogP contribution in [0.2, 0.25) is 5.02 Å². The number of hydrogen-bond donors (Lipinski definition) is 1. The van der Waals surface area contributed by atoms with Crippen LogP contribution in [-0.4, -0.2) is 30.8 Å². The van der Waals surface area contributed by atoms with Crippen molar-refractivity contribution in [1.82, 2.24) is 10.3 Å². The molecule has 1 aromatic heterocycles. The molecule has 3 rings (SSSR count). The molecular weight excluding hydrogens is 434 g/mol. The number of aromatic nitrogens is 1. The third-order valence-corrected chi connectivity index (χ3v) is 5.67. The first-order chi connectivity index (χ1) is 15.0. The van der Waals surface area contributed by atoms with Gasteiger partial charge in [-0.05, 0) is 31.2 Å². The maximum absolute atomic E-state index is 12.2. The van der Waals surface area contributed by atoms with Gasteiger partial charge in [0.2, 0.25) is 5.88 Å². The van der Waals surface area contributed by atoms with Crippen LogP contribution >= 0.6 is 23.4 Å². The zero-order chi connectivity index (χ0) is 22.2. The summed E-state index contributed by atoms with van der Waals surface area (Å²) in [5.74, 6) is 0.0604. The molecule has 0 aliphatic heterocycles. The molecule has 0 aliphatic rings. The number of halogens is 1. The smallest absolute Gasteiger partial charge is 0.273 e. The summed E-state index contributed by atoms with van der Waals surface area (Å²) < 4.78 is 5.84. The molecule has 0 radical (unpaired) electrons. The first kappa shape index (κ1) is 22.7. The Morgan fingerprint density at radius 2 is 1.87 bits per heavy atom. The molecule has 1 amide bonds. The molecule has 0 saturated carbocycles. The summed E-state index contributed by atoms with van der Waals surface area (Å²) >= 11 is 8.01. The minimum absolute atomic E-state index is 0.115. The van der Waals surface area contributed by atoms with Gasteiger partial charge in [0, 0.05) is 45.3 Å². The summed E-state index contributed by atoms with van der Waals surface area (Å²) in [6.45, 7) is 2.18. The average molecular weight is 456 g/mol. The SMILES string of the molecule is CNC(=O)/C(=N/OC)c1cccc(Cl)c1COc1ccc(Sc2ccc(C)cc2)cn1. The second-order valence-corrected chi connectivity index (χ2v) is 8.06. The third-order valence-electron chi connectivity index (χ3n) is 4.33. The fourth-order valence-corrected chi connectivity index (χ4v) is 3.77. The van der Waals surface area contributed by atoms with Gasteiger partial charge in [0.15, 0.2) is 5.71 Å². The Morgan fingerprint density at radius 1 is 1.13 bits per heavy atom. The van der Waals surface area contributed by atoms with Crippen LogP contribution in [0.1, 0.15) is 16.7 Å². The molecule has 0 saturated heterocycles. The first-order valence-corrected chi connectivity index (χ1v) is 10.7. The minimum atomic E-state index is -0.388. The molecule has 8 heteroatoms. The number of carbonyl (C=O) groups is 1. The van der Waals surface area contributed by atoms with Crippen molar-refractivity contribution in [3.05, 3.63) is 82.5 Å². The molecule has 3 aromatic rings. The van der Waals surface area contributed by atoms with E-state index in [1.807, 2.05) is 6.07 Å². The second kappa shape index (κ2) is 10.8. The van der Waals surface area contributed by atoms with Crippen molar-refractivity contribution >= 4 is 35.0 Å². The lowest BCUT2D eigenvalue weighted by molar-refractivity contribution is -0.114. The van der Waals surface area contributed by atoms with Crippen molar-refractivity contribution < 1.29 is 14.4 Å². The summed E-state index contributed by atoms with van der Waals surface area (Å²) in [6, 6.07) is 17.3. The number of benzene rings is 2. The van der Waals surface area contributed by atoms with Gasteiger partial charge in [-0.3, -0.25) is 4.79 Å². The van der Waals surface area contributed by atoms with E-state index in [2.05, 4.69) is 46.6 Å². The summed E-state index contributed by atoms with van der Waals surface area (Å²) in [7, 11) is 2.90. The van der Waals surface area contributed by atoms with E-state index in [9.17, 15) is 4.79 Å². The molecule has 1 N–H and O–H groups in total. The fourth-order valence-electron chi connectivity index (χ4n) is 2.75. The third kappa shape index (κ3) is 5.99. The predicted octanol–water partition coefficient (Wildman–Crippen LogP) is 4.87. The Balaban J connectivity index is 1.74. The monoisotopic (exact) mass is 455 g/mol. The van der Waals surface area contributed by atoms with Crippen LogP contribution in [0.4, 0.5) is 0 Å². The first-order valence-electron chi connectivity index (χ1n) is 9.46. The van der Waals surface area contributed by atoms with Crippen LogP contribution < -0.4 is 10.1 Å². The highest BCUT2D eigenvalue weighted by atomic mass is 35.5. The van der Waals surface area contributed by atoms with E-state index < -0.39 is 0 Å². The van der Waals surface area contributed by atoms with Crippen LogP contribution in [0, 0.1) is 6.92 Å². The Morgan fingerprint density at radius 3 is 2.52 bits per heavy atom. The largest absolute Gasteiger partial charge is 0.473 e. The number of nitrogens with one attached hydrogen (secondary N) is 1. The Labute approximate surface area is 190 Å². The maximum atomic E-state index is 12.2. The zero-order valence-electron chi connectivity index (χ0n) is 17.4. The lowest BCUT2D eigenvalue weighted by atomic mass is 10.0. The standard InChI is InChI=1S/C23H22ClN3O3S/c1-15-7-9-16(10-8-15)31-17-11-12-21(26-13-17)30-14-19-18(5-4-6-20(19)24)22(27-29-3)23(28)25-2/h4-13H,14H2,1-3H3,(H,25,28)/b27-22+. The summed E-state index contributed by atoms with van der Waals surface area (Å²) in [5, 5.41) is 6.86. The molecule has 160 valence electrons. The van der Waals surface area contributed by atoms with Crippen LogP contribution in [0.15, 0.2) is 75.7 Å². The van der Waals surface area contributed by atoms with Crippen molar-refractivity contribution in [1.29, 1.82) is 0 Å². The molecule has 0 spiro atoms. The summed E-state index contributed by atoms with van der Waals surface area (Å²) in [4.78, 5) is 23.6. The number of carbonyl (C=O) groups excluding carboxylic acids is 1. The van der Waals surface area contributed by atoms with Crippen molar-refractivity contribution in [2.75, 3.05) is 14.2 Å². The number of likely N-dealkylation sites (N-methyl/N-ethyl adjacent to an activating group) is 1. The quantitative estimate of drug-likeness (QED) is 0.387. The average Bonchev–Trinajstić information content (AvgIpc) is 2.78. The molecule has 0 fully saturated rings. The Bertz CT molecular complexity index is 1070. The number of pyridine rings is 1. The van der Waals surface area contributed by atoms with Crippen LogP contribution in [0.3, 0.4) is 0 Å². The molecule has 0 atom stereocenters. The lowest BCUT2D eigenvalue weighted by Gasteiger charge is -2.13. The summed E-state index contributed by atoms with van der Waals surface area (Å²) in [5.41, 5.74) is 2.48. The number of nitrogens with zero attached hydrogens (tertiary/aromatic N) is 2. The highest BCUT2D eigenvalue weighted by molar-refractivity contribution is 7.99. The van der Waals surface area contributed by atoms with Crippen molar-refractivity contribution in [3.8, 4) is 5.88 Å². The van der Waals surface area contributed by atoms with E-state index in [0.717, 1.165) is 9.79 Å². The van der Waals surface area contributed by atoms with E-state index >= 15 is 0 Å². The second-order valence-electron chi connectivity index (χ2n) is 6.50. The zero-order valence-corrected chi connectivity index (χ0v) is 19.0. The molecule has 1 heterocycles. The Kier molecular flexibility index (Phi) is 7.92. The van der Waals surface area contributed by atoms with Crippen LogP contribution in [0.25, 0.3) is 0 Å². The van der Waals surface area contributed by atoms with Gasteiger partial charge >= 0.3 is 0 Å². The van der Waals surface area contributed by atoms with Gasteiger partial charge in [-0.1, -0.05) is 58.3 Å². The van der Waals surface area contributed by atoms with Gasteiger partial charge in [0.25, 0.3) is 5.91 Å². The van der Waals surface area contributed by atoms with Crippen LogP contribution in [-0.2, 0) is 16.2 Å². The number of amides is 1. The van der Waals surface area contributed by atoms with Crippen LogP contribution in [0.5, 0.6) is 5.88 Å². The normalized spacial score (nSPS) is 11.2. The molecule has 0 aliphatic carbocycles. The maximum Gasteiger partial charge on any atom is 0.273 e. The van der Waals surface area contributed by atoms with Gasteiger partial charge in [-0.25, -0.2) is 4.98 Å². The van der Waals surface area contributed by atoms with E-state index in [0.29, 0.717) is 22.0 Å². The van der Waals surface area contributed by atoms with E-state index in [1.54, 1.807) is 42.2 Å². The molecule has 6 nitrogen and oxygen atoms in total. The van der Waals surface area contributed by atoms with Gasteiger partial charge < -0.3 is 14.9 Å². The molecule has 2 aromatic carbocycles. The molecule has 31 heavy (non-hydrogen) atoms. The minimum Gasteiger partial charge on any atom is -0.473 e. The number of ether oxygens (including phenoxy) is 1. The molecule has 0 bridgehead atoms. The molecular formula is C23H22ClN3O3S. The predicted molar refractivity (Wildman–Crippen MR) is 123 cm³/mol. The van der Waals surface area contributed by atoms with Gasteiger partial charge in [-0.15, -0.1) is 0 Å². The highest BCUT2D eigenvalue weighted by Crippen LogP contribution is 2.28. The van der Waals surface area contributed by atoms with Crippen molar-refractivity contribution in [3.63, 3.8) is 0 Å². The van der Waals surface area contributed by atoms with E-state index in [4.69, 9.17) is 21.2 Å². The topological polar surface area (TPSA) is 72.8 Å². The van der Waals surface area contributed by atoms with Crippen molar-refractivity contribution in [2.45, 2.75) is 23.3 Å². The number of aryl methyl sites for hydroxylation is 1. The number of hydrogen-bond acceptors (Lipinski definition) is 6. The summed E-state index contributed by atoms with van der Waals surface area (Å²) in [6.07, 6.45) is 1.76. The number of oxime groups is 1. The Hall–Kier alpha value is -3.03. The number of rotatable bonds is 8. The molecule has 0 unspecified atom stereocenters. The fraction of sp³-hybridized carbons (Fsp3) is 0.174. The lowest BCUT2D eigenvalue weighted by Crippen LogP contribution is -2.29. The van der Waals surface area contributed by atoms with Gasteiger partial charge in [-0.2, -0.15) is 0 Å². The van der Waals surface area contributed by atoms with Gasteiger partial charge in [0.1, 0.15) is 13.7 Å².